The molecule has 0 saturated heterocycles. The van der Waals surface area contributed by atoms with Gasteiger partial charge in [-0.2, -0.15) is 0 Å². The summed E-state index contributed by atoms with van der Waals surface area (Å²) in [5.74, 6) is 2.10. The summed E-state index contributed by atoms with van der Waals surface area (Å²) < 4.78 is 29.7. The molecule has 0 saturated carbocycles. The number of hydrogen-bond donors (Lipinski definition) is 0. The van der Waals surface area contributed by atoms with Gasteiger partial charge in [-0.1, -0.05) is 42.5 Å². The minimum atomic E-state index is -0.469. The van der Waals surface area contributed by atoms with Crippen molar-refractivity contribution in [2.75, 3.05) is 6.61 Å². The van der Waals surface area contributed by atoms with E-state index in [0.717, 1.165) is 11.1 Å². The molecular weight excluding hydrogens is 486 g/mol. The Kier molecular flexibility index (Phi) is 7.54. The highest BCUT2D eigenvalue weighted by atomic mass is 16.5. The second kappa shape index (κ2) is 11.5. The van der Waals surface area contributed by atoms with Crippen molar-refractivity contribution in [2.24, 2.45) is 0 Å². The van der Waals surface area contributed by atoms with Gasteiger partial charge in [0.15, 0.2) is 5.76 Å². The van der Waals surface area contributed by atoms with Crippen LogP contribution in [0.1, 0.15) is 39.9 Å². The fourth-order valence-electron chi connectivity index (χ4n) is 3.76. The molecule has 0 atom stereocenters. The van der Waals surface area contributed by atoms with E-state index in [9.17, 15) is 4.79 Å². The van der Waals surface area contributed by atoms with E-state index in [1.165, 1.54) is 0 Å². The third kappa shape index (κ3) is 5.95. The molecule has 2 aromatic carbocycles. The predicted molar refractivity (Wildman–Crippen MR) is 138 cm³/mol. The number of benzene rings is 2. The van der Waals surface area contributed by atoms with Crippen molar-refractivity contribution in [3.8, 4) is 23.3 Å². The summed E-state index contributed by atoms with van der Waals surface area (Å²) in [6.45, 7) is 4.86. The van der Waals surface area contributed by atoms with E-state index in [2.05, 4.69) is 10.1 Å². The number of carbonyl (C=O) groups is 1. The molecule has 38 heavy (non-hydrogen) atoms. The Morgan fingerprint density at radius 2 is 1.76 bits per heavy atom. The summed E-state index contributed by atoms with van der Waals surface area (Å²) in [5, 5.41) is 4.48. The Balaban J connectivity index is 1.21. The van der Waals surface area contributed by atoms with Gasteiger partial charge in [0.1, 0.15) is 36.0 Å². The average molecular weight is 514 g/mol. The van der Waals surface area contributed by atoms with E-state index in [0.29, 0.717) is 41.0 Å². The molecule has 3 heterocycles. The highest BCUT2D eigenvalue weighted by Crippen LogP contribution is 2.24. The van der Waals surface area contributed by atoms with Gasteiger partial charge < -0.3 is 23.0 Å². The van der Waals surface area contributed by atoms with Gasteiger partial charge in [0, 0.05) is 6.20 Å². The van der Waals surface area contributed by atoms with Gasteiger partial charge in [0.2, 0.25) is 5.88 Å². The summed E-state index contributed by atoms with van der Waals surface area (Å²) in [5.41, 5.74) is 2.94. The molecule has 0 bridgehead atoms. The lowest BCUT2D eigenvalue weighted by molar-refractivity contribution is 0.0521. The first-order chi connectivity index (χ1) is 18.6. The van der Waals surface area contributed by atoms with Gasteiger partial charge in [-0.05, 0) is 49.2 Å². The zero-order valence-corrected chi connectivity index (χ0v) is 21.1. The Morgan fingerprint density at radius 1 is 0.947 bits per heavy atom. The minimum Gasteiger partial charge on any atom is -0.487 e. The smallest absolute Gasteiger partial charge is 0.345 e. The summed E-state index contributed by atoms with van der Waals surface area (Å²) in [6.07, 6.45) is 3.23. The van der Waals surface area contributed by atoms with Crippen LogP contribution in [-0.2, 0) is 24.5 Å². The molecule has 0 spiro atoms. The van der Waals surface area contributed by atoms with Crippen LogP contribution < -0.4 is 9.47 Å². The maximum atomic E-state index is 12.5. The SMILES string of the molecule is CCOC(=O)c1cn(Cc2ccccc2)nc1OCc1ccc(OCc2nc(-c3ccco3)oc2C)cc1. The van der Waals surface area contributed by atoms with E-state index in [4.69, 9.17) is 23.0 Å². The summed E-state index contributed by atoms with van der Waals surface area (Å²) in [4.78, 5) is 16.9. The van der Waals surface area contributed by atoms with Crippen molar-refractivity contribution in [3.63, 3.8) is 0 Å². The number of esters is 1. The molecule has 0 unspecified atom stereocenters. The van der Waals surface area contributed by atoms with Gasteiger partial charge in [0.05, 0.1) is 19.4 Å². The molecule has 9 nitrogen and oxygen atoms in total. The van der Waals surface area contributed by atoms with Crippen LogP contribution in [0.2, 0.25) is 0 Å². The van der Waals surface area contributed by atoms with Crippen molar-refractivity contribution in [1.29, 1.82) is 0 Å². The number of nitrogens with zero attached hydrogens (tertiary/aromatic N) is 3. The fourth-order valence-corrected chi connectivity index (χ4v) is 3.76. The lowest BCUT2D eigenvalue weighted by Gasteiger charge is -2.08. The molecule has 0 N–H and O–H groups in total. The zero-order chi connectivity index (χ0) is 26.3. The number of aromatic nitrogens is 3. The van der Waals surface area contributed by atoms with Crippen LogP contribution in [0.15, 0.2) is 88.0 Å². The Morgan fingerprint density at radius 3 is 2.50 bits per heavy atom. The Labute approximate surface area is 219 Å². The molecule has 0 aliphatic rings. The third-order valence-electron chi connectivity index (χ3n) is 5.71. The van der Waals surface area contributed by atoms with Crippen molar-refractivity contribution in [2.45, 2.75) is 33.6 Å². The zero-order valence-electron chi connectivity index (χ0n) is 21.1. The lowest BCUT2D eigenvalue weighted by Crippen LogP contribution is -2.06. The van der Waals surface area contributed by atoms with Crippen molar-refractivity contribution >= 4 is 5.97 Å². The number of ether oxygens (including phenoxy) is 3. The molecular formula is C29H27N3O6. The van der Waals surface area contributed by atoms with E-state index in [-0.39, 0.29) is 25.7 Å². The number of aryl methyl sites for hydroxylation is 1. The molecule has 0 fully saturated rings. The standard InChI is InChI=1S/C29H27N3O6/c1-3-34-29(33)24-17-32(16-21-8-5-4-6-9-21)31-27(24)37-18-22-11-13-23(14-12-22)36-19-25-20(2)38-28(30-25)26-10-7-15-35-26/h4-15,17H,3,16,18-19H2,1-2H3. The lowest BCUT2D eigenvalue weighted by atomic mass is 10.2. The number of oxazole rings is 1. The quantitative estimate of drug-likeness (QED) is 0.204. The van der Waals surface area contributed by atoms with Crippen molar-refractivity contribution in [3.05, 3.63) is 107 Å². The van der Waals surface area contributed by atoms with Crippen molar-refractivity contribution in [1.82, 2.24) is 14.8 Å². The van der Waals surface area contributed by atoms with Gasteiger partial charge in [-0.3, -0.25) is 4.68 Å². The highest BCUT2D eigenvalue weighted by Gasteiger charge is 2.20. The van der Waals surface area contributed by atoms with E-state index >= 15 is 0 Å². The monoisotopic (exact) mass is 513 g/mol. The third-order valence-corrected chi connectivity index (χ3v) is 5.71. The van der Waals surface area contributed by atoms with Crippen LogP contribution in [0.3, 0.4) is 0 Å². The number of furan rings is 1. The second-order valence-electron chi connectivity index (χ2n) is 8.47. The van der Waals surface area contributed by atoms with Crippen molar-refractivity contribution < 1.29 is 27.8 Å². The van der Waals surface area contributed by atoms with Crippen LogP contribution in [0.25, 0.3) is 11.7 Å². The van der Waals surface area contributed by atoms with Gasteiger partial charge >= 0.3 is 5.97 Å². The molecule has 9 heteroatoms. The Bertz CT molecular complexity index is 1470. The van der Waals surface area contributed by atoms with E-state index in [1.807, 2.05) is 61.5 Å². The van der Waals surface area contributed by atoms with Crippen LogP contribution in [0.5, 0.6) is 11.6 Å². The van der Waals surface area contributed by atoms with E-state index in [1.54, 1.807) is 36.2 Å². The maximum absolute atomic E-state index is 12.5. The maximum Gasteiger partial charge on any atom is 0.345 e. The summed E-state index contributed by atoms with van der Waals surface area (Å²) in [7, 11) is 0. The topological polar surface area (TPSA) is 102 Å². The Hall–Kier alpha value is -4.79. The molecule has 5 rings (SSSR count). The number of hydrogen-bond acceptors (Lipinski definition) is 8. The van der Waals surface area contributed by atoms with E-state index < -0.39 is 5.97 Å². The second-order valence-corrected chi connectivity index (χ2v) is 8.47. The first-order valence-corrected chi connectivity index (χ1v) is 12.2. The molecule has 194 valence electrons. The minimum absolute atomic E-state index is 0.226. The molecule has 0 aliphatic heterocycles. The molecule has 0 aliphatic carbocycles. The highest BCUT2D eigenvalue weighted by molar-refractivity contribution is 5.91. The largest absolute Gasteiger partial charge is 0.487 e. The number of carbonyl (C=O) groups excluding carboxylic acids is 1. The molecule has 0 amide bonds. The average Bonchev–Trinajstić information content (AvgIpc) is 3.68. The first kappa shape index (κ1) is 24.9. The van der Waals surface area contributed by atoms with Crippen LogP contribution in [-0.4, -0.2) is 27.3 Å². The predicted octanol–water partition coefficient (Wildman–Crippen LogP) is 5.82. The van der Waals surface area contributed by atoms with Gasteiger partial charge in [-0.15, -0.1) is 5.10 Å². The summed E-state index contributed by atoms with van der Waals surface area (Å²) >= 11 is 0. The fraction of sp³-hybridized carbons (Fsp3) is 0.207. The molecule has 3 aromatic heterocycles. The normalized spacial score (nSPS) is 10.9. The molecule has 5 aromatic rings. The van der Waals surface area contributed by atoms with Crippen LogP contribution in [0.4, 0.5) is 0 Å². The number of rotatable bonds is 11. The van der Waals surface area contributed by atoms with Crippen LogP contribution in [0, 0.1) is 6.92 Å². The molecule has 0 radical (unpaired) electrons. The van der Waals surface area contributed by atoms with Gasteiger partial charge in [0.25, 0.3) is 5.89 Å². The van der Waals surface area contributed by atoms with Crippen LogP contribution >= 0.6 is 0 Å². The first-order valence-electron chi connectivity index (χ1n) is 12.2. The summed E-state index contributed by atoms with van der Waals surface area (Å²) in [6, 6.07) is 20.9. The van der Waals surface area contributed by atoms with Gasteiger partial charge in [-0.25, -0.2) is 9.78 Å².